The first-order valence-electron chi connectivity index (χ1n) is 5.46. The lowest BCUT2D eigenvalue weighted by Gasteiger charge is -2.06. The van der Waals surface area contributed by atoms with Crippen LogP contribution in [-0.2, 0) is 0 Å². The molecular formula is C12H24. The topological polar surface area (TPSA) is 0 Å². The zero-order valence-corrected chi connectivity index (χ0v) is 8.97. The van der Waals surface area contributed by atoms with Crippen LogP contribution < -0.4 is 0 Å². The quantitative estimate of drug-likeness (QED) is 0.489. The predicted octanol–water partition coefficient (Wildman–Crippen LogP) is 4.56. The fourth-order valence-electron chi connectivity index (χ4n) is 1.42. The van der Waals surface area contributed by atoms with E-state index in [0.717, 1.165) is 5.92 Å². The molecule has 72 valence electrons. The summed E-state index contributed by atoms with van der Waals surface area (Å²) >= 11 is 0. The lowest BCUT2D eigenvalue weighted by Crippen LogP contribution is -1.91. The van der Waals surface area contributed by atoms with Crippen molar-refractivity contribution >= 4 is 0 Å². The summed E-state index contributed by atoms with van der Waals surface area (Å²) in [5, 5.41) is 0. The minimum atomic E-state index is 0.918. The molecule has 0 saturated carbocycles. The fraction of sp³-hybridized carbons (Fsp3) is 0.833. The predicted molar refractivity (Wildman–Crippen MR) is 57.4 cm³/mol. The Morgan fingerprint density at radius 2 is 1.58 bits per heavy atom. The number of rotatable bonds is 7. The maximum atomic E-state index is 2.36. The van der Waals surface area contributed by atoms with E-state index in [1.807, 2.05) is 0 Å². The molecule has 0 aromatic rings. The van der Waals surface area contributed by atoms with E-state index in [2.05, 4.69) is 32.9 Å². The van der Waals surface area contributed by atoms with Gasteiger partial charge in [0, 0.05) is 0 Å². The zero-order chi connectivity index (χ0) is 9.23. The second kappa shape index (κ2) is 8.83. The van der Waals surface area contributed by atoms with Gasteiger partial charge in [0.1, 0.15) is 0 Å². The van der Waals surface area contributed by atoms with Crippen LogP contribution in [0.5, 0.6) is 0 Å². The minimum absolute atomic E-state index is 0.918. The van der Waals surface area contributed by atoms with Crippen molar-refractivity contribution in [2.24, 2.45) is 5.92 Å². The summed E-state index contributed by atoms with van der Waals surface area (Å²) in [5.41, 5.74) is 0. The molecule has 0 nitrogen and oxygen atoms in total. The van der Waals surface area contributed by atoms with Gasteiger partial charge >= 0.3 is 0 Å². The highest BCUT2D eigenvalue weighted by Crippen LogP contribution is 2.12. The fourth-order valence-corrected chi connectivity index (χ4v) is 1.42. The van der Waals surface area contributed by atoms with E-state index >= 15 is 0 Å². The minimum Gasteiger partial charge on any atom is -0.0885 e. The Labute approximate surface area is 78.1 Å². The number of hydrogen-bond acceptors (Lipinski definition) is 0. The molecule has 0 aliphatic heterocycles. The molecule has 1 atom stereocenters. The highest BCUT2D eigenvalue weighted by Gasteiger charge is 1.97. The first-order valence-corrected chi connectivity index (χ1v) is 5.46. The van der Waals surface area contributed by atoms with Crippen molar-refractivity contribution in [1.82, 2.24) is 0 Å². The van der Waals surface area contributed by atoms with E-state index in [1.54, 1.807) is 0 Å². The molecular weight excluding hydrogens is 144 g/mol. The van der Waals surface area contributed by atoms with Crippen LogP contribution >= 0.6 is 0 Å². The molecule has 0 aliphatic carbocycles. The summed E-state index contributed by atoms with van der Waals surface area (Å²) < 4.78 is 0. The smallest absolute Gasteiger partial charge is 0.0348 e. The third-order valence-electron chi connectivity index (χ3n) is 2.23. The summed E-state index contributed by atoms with van der Waals surface area (Å²) in [6.45, 7) is 6.85. The Hall–Kier alpha value is -0.260. The SMILES string of the molecule is CCC/C=C\CCC(C)CCC. The van der Waals surface area contributed by atoms with Crippen LogP contribution in [0.2, 0.25) is 0 Å². The van der Waals surface area contributed by atoms with Crippen molar-refractivity contribution in [3.05, 3.63) is 12.2 Å². The Kier molecular flexibility index (Phi) is 8.64. The van der Waals surface area contributed by atoms with Gasteiger partial charge in [0.25, 0.3) is 0 Å². The van der Waals surface area contributed by atoms with Crippen molar-refractivity contribution in [2.75, 3.05) is 0 Å². The molecule has 0 aromatic heterocycles. The standard InChI is InChI=1S/C12H24/c1-4-6-7-8-9-11-12(3)10-5-2/h7-8,12H,4-6,9-11H2,1-3H3/b8-7-. The van der Waals surface area contributed by atoms with E-state index in [-0.39, 0.29) is 0 Å². The average Bonchev–Trinajstić information content (AvgIpc) is 2.05. The van der Waals surface area contributed by atoms with Gasteiger partial charge in [0.05, 0.1) is 0 Å². The maximum Gasteiger partial charge on any atom is -0.0348 e. The molecule has 0 fully saturated rings. The molecule has 0 heteroatoms. The molecule has 0 bridgehead atoms. The van der Waals surface area contributed by atoms with Crippen molar-refractivity contribution in [2.45, 2.75) is 59.3 Å². The summed E-state index contributed by atoms with van der Waals surface area (Å²) in [6, 6.07) is 0. The summed E-state index contributed by atoms with van der Waals surface area (Å²) in [4.78, 5) is 0. The third-order valence-corrected chi connectivity index (χ3v) is 2.23. The molecule has 0 saturated heterocycles. The molecule has 0 heterocycles. The molecule has 0 aromatic carbocycles. The van der Waals surface area contributed by atoms with Gasteiger partial charge in [-0.25, -0.2) is 0 Å². The van der Waals surface area contributed by atoms with Gasteiger partial charge in [-0.1, -0.05) is 52.2 Å². The van der Waals surface area contributed by atoms with Gasteiger partial charge < -0.3 is 0 Å². The maximum absolute atomic E-state index is 2.36. The number of hydrogen-bond donors (Lipinski definition) is 0. The Morgan fingerprint density at radius 3 is 2.17 bits per heavy atom. The molecule has 0 radical (unpaired) electrons. The Morgan fingerprint density at radius 1 is 0.917 bits per heavy atom. The van der Waals surface area contributed by atoms with Gasteiger partial charge in [0.2, 0.25) is 0 Å². The molecule has 0 aliphatic rings. The lowest BCUT2D eigenvalue weighted by atomic mass is 10.0. The van der Waals surface area contributed by atoms with E-state index in [4.69, 9.17) is 0 Å². The Balaban J connectivity index is 3.17. The van der Waals surface area contributed by atoms with Crippen molar-refractivity contribution in [3.63, 3.8) is 0 Å². The first-order chi connectivity index (χ1) is 5.81. The highest BCUT2D eigenvalue weighted by atomic mass is 14.0. The summed E-state index contributed by atoms with van der Waals surface area (Å²) in [6.07, 6.45) is 12.6. The van der Waals surface area contributed by atoms with E-state index in [1.165, 1.54) is 38.5 Å². The second-order valence-corrected chi connectivity index (χ2v) is 3.73. The van der Waals surface area contributed by atoms with E-state index in [0.29, 0.717) is 0 Å². The lowest BCUT2D eigenvalue weighted by molar-refractivity contribution is 0.490. The van der Waals surface area contributed by atoms with Crippen LogP contribution in [0.4, 0.5) is 0 Å². The van der Waals surface area contributed by atoms with Crippen molar-refractivity contribution in [3.8, 4) is 0 Å². The van der Waals surface area contributed by atoms with Gasteiger partial charge in [0.15, 0.2) is 0 Å². The van der Waals surface area contributed by atoms with Crippen LogP contribution in [0.25, 0.3) is 0 Å². The van der Waals surface area contributed by atoms with Gasteiger partial charge in [-0.2, -0.15) is 0 Å². The second-order valence-electron chi connectivity index (χ2n) is 3.73. The zero-order valence-electron chi connectivity index (χ0n) is 8.97. The van der Waals surface area contributed by atoms with E-state index < -0.39 is 0 Å². The van der Waals surface area contributed by atoms with Crippen molar-refractivity contribution < 1.29 is 0 Å². The van der Waals surface area contributed by atoms with Gasteiger partial charge in [-0.3, -0.25) is 0 Å². The van der Waals surface area contributed by atoms with Crippen molar-refractivity contribution in [1.29, 1.82) is 0 Å². The Bertz CT molecular complexity index is 103. The molecule has 1 unspecified atom stereocenters. The van der Waals surface area contributed by atoms with Crippen LogP contribution in [-0.4, -0.2) is 0 Å². The summed E-state index contributed by atoms with van der Waals surface area (Å²) in [5.74, 6) is 0.918. The van der Waals surface area contributed by atoms with Gasteiger partial charge in [-0.05, 0) is 25.2 Å². The van der Waals surface area contributed by atoms with Crippen LogP contribution in [0.3, 0.4) is 0 Å². The van der Waals surface area contributed by atoms with Crippen LogP contribution in [0, 0.1) is 5.92 Å². The highest BCUT2D eigenvalue weighted by molar-refractivity contribution is 4.81. The normalized spacial score (nSPS) is 13.9. The van der Waals surface area contributed by atoms with Crippen LogP contribution in [0.15, 0.2) is 12.2 Å². The summed E-state index contributed by atoms with van der Waals surface area (Å²) in [7, 11) is 0. The number of unbranched alkanes of at least 4 members (excludes halogenated alkanes) is 1. The number of allylic oxidation sites excluding steroid dienone is 2. The molecule has 0 N–H and O–H groups in total. The average molecular weight is 168 g/mol. The van der Waals surface area contributed by atoms with E-state index in [9.17, 15) is 0 Å². The monoisotopic (exact) mass is 168 g/mol. The largest absolute Gasteiger partial charge is 0.0885 e. The van der Waals surface area contributed by atoms with Gasteiger partial charge in [-0.15, -0.1) is 0 Å². The molecule has 12 heavy (non-hydrogen) atoms. The third kappa shape index (κ3) is 7.84. The molecule has 0 amide bonds. The molecule has 0 rings (SSSR count). The van der Waals surface area contributed by atoms with Crippen LogP contribution in [0.1, 0.15) is 59.3 Å². The molecule has 0 spiro atoms. The first kappa shape index (κ1) is 11.7.